The fraction of sp³-hybridized carbons (Fsp3) is 0. The van der Waals surface area contributed by atoms with Gasteiger partial charge in [0.15, 0.2) is 0 Å². The van der Waals surface area contributed by atoms with Gasteiger partial charge in [0.1, 0.15) is 5.82 Å². The van der Waals surface area contributed by atoms with Gasteiger partial charge in [0.2, 0.25) is 0 Å². The number of fused-ring (bicyclic) bond motifs is 1. The summed E-state index contributed by atoms with van der Waals surface area (Å²) >= 11 is 0. The van der Waals surface area contributed by atoms with Crippen LogP contribution in [0, 0.1) is 5.82 Å². The lowest BCUT2D eigenvalue weighted by Crippen LogP contribution is -1.92. The number of halogens is 1. The van der Waals surface area contributed by atoms with Crippen LogP contribution in [-0.4, -0.2) is 0 Å². The Bertz CT molecular complexity index is 677. The van der Waals surface area contributed by atoms with Crippen LogP contribution in [0.25, 0.3) is 10.8 Å². The zero-order valence-corrected chi connectivity index (χ0v) is 9.73. The minimum Gasteiger partial charge on any atom is -0.355 e. The molecule has 3 aromatic carbocycles. The van der Waals surface area contributed by atoms with Crippen molar-refractivity contribution in [3.8, 4) is 0 Å². The Morgan fingerprint density at radius 2 is 1.33 bits per heavy atom. The lowest BCUT2D eigenvalue weighted by molar-refractivity contribution is 0.640. The van der Waals surface area contributed by atoms with Crippen molar-refractivity contribution >= 4 is 22.1 Å². The Morgan fingerprint density at radius 3 is 2.11 bits per heavy atom. The van der Waals surface area contributed by atoms with E-state index in [0.29, 0.717) is 5.39 Å². The van der Waals surface area contributed by atoms with Crippen LogP contribution in [0.1, 0.15) is 0 Å². The highest BCUT2D eigenvalue weighted by molar-refractivity contribution is 5.95. The quantitative estimate of drug-likeness (QED) is 0.679. The Kier molecular flexibility index (Phi) is 2.69. The zero-order valence-electron chi connectivity index (χ0n) is 9.73. The van der Waals surface area contributed by atoms with E-state index in [9.17, 15) is 4.39 Å². The Morgan fingerprint density at radius 1 is 0.667 bits per heavy atom. The van der Waals surface area contributed by atoms with E-state index >= 15 is 0 Å². The third kappa shape index (κ3) is 1.93. The maximum absolute atomic E-state index is 13.7. The maximum atomic E-state index is 13.7. The molecule has 0 unspecified atom stereocenters. The van der Waals surface area contributed by atoms with Gasteiger partial charge in [0.25, 0.3) is 0 Å². The van der Waals surface area contributed by atoms with Crippen LogP contribution in [0.4, 0.5) is 15.8 Å². The molecule has 0 fully saturated rings. The van der Waals surface area contributed by atoms with E-state index in [4.69, 9.17) is 0 Å². The minimum atomic E-state index is -0.191. The summed E-state index contributed by atoms with van der Waals surface area (Å²) in [5, 5.41) is 4.84. The van der Waals surface area contributed by atoms with Crippen LogP contribution in [0.5, 0.6) is 0 Å². The van der Waals surface area contributed by atoms with Crippen molar-refractivity contribution in [2.24, 2.45) is 0 Å². The second-order valence-electron chi connectivity index (χ2n) is 4.13. The first-order chi connectivity index (χ1) is 8.84. The zero-order chi connectivity index (χ0) is 12.4. The van der Waals surface area contributed by atoms with Crippen LogP contribution < -0.4 is 5.32 Å². The standard InChI is InChI=1S/C16H12FN/c17-15-10-11-16(14-9-5-4-8-13(14)15)18-12-6-2-1-3-7-12/h1-11,18H. The fourth-order valence-electron chi connectivity index (χ4n) is 2.05. The fourth-order valence-corrected chi connectivity index (χ4v) is 2.05. The Balaban J connectivity index is 2.10. The second kappa shape index (κ2) is 4.49. The molecular weight excluding hydrogens is 225 g/mol. The summed E-state index contributed by atoms with van der Waals surface area (Å²) in [5.41, 5.74) is 1.91. The molecule has 0 amide bonds. The number of benzene rings is 3. The molecule has 0 heterocycles. The van der Waals surface area contributed by atoms with Crippen LogP contribution in [0.15, 0.2) is 66.7 Å². The maximum Gasteiger partial charge on any atom is 0.131 e. The first-order valence-electron chi connectivity index (χ1n) is 5.84. The lowest BCUT2D eigenvalue weighted by Gasteiger charge is -2.10. The molecule has 18 heavy (non-hydrogen) atoms. The van der Waals surface area contributed by atoms with Crippen molar-refractivity contribution in [3.05, 3.63) is 72.5 Å². The van der Waals surface area contributed by atoms with Gasteiger partial charge in [-0.15, -0.1) is 0 Å². The smallest absolute Gasteiger partial charge is 0.131 e. The van der Waals surface area contributed by atoms with Crippen molar-refractivity contribution in [2.75, 3.05) is 5.32 Å². The molecule has 0 aliphatic heterocycles. The van der Waals surface area contributed by atoms with Gasteiger partial charge in [-0.05, 0) is 24.3 Å². The molecule has 0 bridgehead atoms. The van der Waals surface area contributed by atoms with E-state index in [2.05, 4.69) is 5.32 Å². The summed E-state index contributed by atoms with van der Waals surface area (Å²) in [7, 11) is 0. The van der Waals surface area contributed by atoms with E-state index in [1.54, 1.807) is 12.1 Å². The predicted molar refractivity (Wildman–Crippen MR) is 73.6 cm³/mol. The topological polar surface area (TPSA) is 12.0 Å². The van der Waals surface area contributed by atoms with Gasteiger partial charge < -0.3 is 5.32 Å². The first kappa shape index (κ1) is 10.8. The first-order valence-corrected chi connectivity index (χ1v) is 5.84. The largest absolute Gasteiger partial charge is 0.355 e. The second-order valence-corrected chi connectivity index (χ2v) is 4.13. The van der Waals surface area contributed by atoms with E-state index in [0.717, 1.165) is 16.8 Å². The number of nitrogens with one attached hydrogen (secondary N) is 1. The normalized spacial score (nSPS) is 10.5. The summed E-state index contributed by atoms with van der Waals surface area (Å²) in [6.45, 7) is 0. The van der Waals surface area contributed by atoms with Gasteiger partial charge in [0, 0.05) is 22.1 Å². The van der Waals surface area contributed by atoms with Gasteiger partial charge in [-0.25, -0.2) is 4.39 Å². The third-order valence-electron chi connectivity index (χ3n) is 2.92. The van der Waals surface area contributed by atoms with Gasteiger partial charge in [-0.1, -0.05) is 42.5 Å². The molecule has 0 atom stereocenters. The average molecular weight is 237 g/mol. The number of para-hydroxylation sites is 1. The molecule has 1 N–H and O–H groups in total. The molecule has 0 aliphatic rings. The summed E-state index contributed by atoms with van der Waals surface area (Å²) in [6.07, 6.45) is 0. The molecule has 88 valence electrons. The van der Waals surface area contributed by atoms with E-state index in [1.165, 1.54) is 6.07 Å². The highest BCUT2D eigenvalue weighted by Gasteiger charge is 2.04. The molecule has 2 heteroatoms. The molecule has 0 aromatic heterocycles. The highest BCUT2D eigenvalue weighted by Crippen LogP contribution is 2.28. The summed E-state index contributed by atoms with van der Waals surface area (Å²) in [5.74, 6) is -0.191. The van der Waals surface area contributed by atoms with Crippen LogP contribution >= 0.6 is 0 Å². The van der Waals surface area contributed by atoms with Crippen molar-refractivity contribution in [1.82, 2.24) is 0 Å². The summed E-state index contributed by atoms with van der Waals surface area (Å²) in [4.78, 5) is 0. The van der Waals surface area contributed by atoms with Crippen molar-refractivity contribution < 1.29 is 4.39 Å². The van der Waals surface area contributed by atoms with Gasteiger partial charge >= 0.3 is 0 Å². The molecule has 0 spiro atoms. The average Bonchev–Trinajstić information content (AvgIpc) is 2.44. The van der Waals surface area contributed by atoms with Crippen LogP contribution in [0.2, 0.25) is 0 Å². The molecule has 0 saturated carbocycles. The van der Waals surface area contributed by atoms with E-state index < -0.39 is 0 Å². The monoisotopic (exact) mass is 237 g/mol. The Hall–Kier alpha value is -2.35. The van der Waals surface area contributed by atoms with Gasteiger partial charge in [0.05, 0.1) is 0 Å². The summed E-state index contributed by atoms with van der Waals surface area (Å²) in [6, 6.07) is 20.6. The molecule has 3 aromatic rings. The SMILES string of the molecule is Fc1ccc(Nc2ccccc2)c2ccccc12. The molecular formula is C16H12FN. The molecule has 0 radical (unpaired) electrons. The van der Waals surface area contributed by atoms with Crippen molar-refractivity contribution in [3.63, 3.8) is 0 Å². The van der Waals surface area contributed by atoms with Crippen molar-refractivity contribution in [2.45, 2.75) is 0 Å². The number of anilines is 2. The lowest BCUT2D eigenvalue weighted by atomic mass is 10.1. The number of hydrogen-bond donors (Lipinski definition) is 1. The third-order valence-corrected chi connectivity index (χ3v) is 2.92. The van der Waals surface area contributed by atoms with Gasteiger partial charge in [-0.2, -0.15) is 0 Å². The number of hydrogen-bond acceptors (Lipinski definition) is 1. The summed E-state index contributed by atoms with van der Waals surface area (Å²) < 4.78 is 13.7. The van der Waals surface area contributed by atoms with Crippen LogP contribution in [0.3, 0.4) is 0 Å². The Labute approximate surface area is 105 Å². The molecule has 0 saturated heterocycles. The van der Waals surface area contributed by atoms with E-state index in [-0.39, 0.29) is 5.82 Å². The predicted octanol–water partition coefficient (Wildman–Crippen LogP) is 4.72. The molecule has 1 nitrogen and oxygen atoms in total. The number of rotatable bonds is 2. The van der Waals surface area contributed by atoms with Crippen LogP contribution in [-0.2, 0) is 0 Å². The minimum absolute atomic E-state index is 0.191. The molecule has 0 aliphatic carbocycles. The van der Waals surface area contributed by atoms with E-state index in [1.807, 2.05) is 48.5 Å². The van der Waals surface area contributed by atoms with Gasteiger partial charge in [-0.3, -0.25) is 0 Å². The van der Waals surface area contributed by atoms with Crippen molar-refractivity contribution in [1.29, 1.82) is 0 Å². The molecule has 3 rings (SSSR count). The highest BCUT2D eigenvalue weighted by atomic mass is 19.1.